The Morgan fingerprint density at radius 1 is 1.08 bits per heavy atom. The van der Waals surface area contributed by atoms with Crippen molar-refractivity contribution in [1.29, 1.82) is 0 Å². The molecule has 5 heteroatoms. The van der Waals surface area contributed by atoms with Crippen LogP contribution in [-0.4, -0.2) is 30.3 Å². The predicted octanol–water partition coefficient (Wildman–Crippen LogP) is 3.64. The summed E-state index contributed by atoms with van der Waals surface area (Å²) in [5, 5.41) is 11.6. The first-order valence-corrected chi connectivity index (χ1v) is 8.43. The van der Waals surface area contributed by atoms with E-state index >= 15 is 0 Å². The average Bonchev–Trinajstić information content (AvgIpc) is 2.94. The molecule has 0 saturated carbocycles. The number of alkyl carbamates (subject to hydrolysis) is 1. The first-order valence-electron chi connectivity index (χ1n) is 8.43. The van der Waals surface area contributed by atoms with E-state index in [0.29, 0.717) is 6.42 Å². The van der Waals surface area contributed by atoms with Gasteiger partial charge in [0.1, 0.15) is 6.61 Å². The zero-order chi connectivity index (χ0) is 17.8. The zero-order valence-electron chi connectivity index (χ0n) is 14.1. The number of carboxylic acids is 1. The molecule has 0 fully saturated rings. The lowest BCUT2D eigenvalue weighted by Crippen LogP contribution is -2.33. The number of ether oxygens (including phenoxy) is 1. The van der Waals surface area contributed by atoms with E-state index in [4.69, 9.17) is 9.84 Å². The molecule has 1 unspecified atom stereocenters. The standard InChI is InChI=1S/C20H21NO4/c1-2-13(19(22)23)11-21-20(24)25-12-18-16-9-5-3-7-14(16)15-8-4-6-10-17(15)18/h3-10,13,18H,2,11-12H2,1H3,(H,21,24)(H,22,23). The number of carbonyl (C=O) groups is 2. The minimum atomic E-state index is -0.915. The molecule has 0 radical (unpaired) electrons. The highest BCUT2D eigenvalue weighted by molar-refractivity contribution is 5.79. The molecule has 3 rings (SSSR count). The van der Waals surface area contributed by atoms with E-state index in [2.05, 4.69) is 29.6 Å². The van der Waals surface area contributed by atoms with Crippen LogP contribution in [-0.2, 0) is 9.53 Å². The van der Waals surface area contributed by atoms with Gasteiger partial charge in [-0.1, -0.05) is 55.5 Å². The van der Waals surface area contributed by atoms with Crippen molar-refractivity contribution in [2.45, 2.75) is 19.3 Å². The molecule has 0 heterocycles. The van der Waals surface area contributed by atoms with Crippen LogP contribution in [0.1, 0.15) is 30.4 Å². The quantitative estimate of drug-likeness (QED) is 0.842. The number of hydrogen-bond acceptors (Lipinski definition) is 3. The number of rotatable bonds is 6. The summed E-state index contributed by atoms with van der Waals surface area (Å²) in [5.41, 5.74) is 4.63. The van der Waals surface area contributed by atoms with E-state index in [0.717, 1.165) is 11.1 Å². The molecule has 2 aromatic rings. The Morgan fingerprint density at radius 3 is 2.16 bits per heavy atom. The summed E-state index contributed by atoms with van der Waals surface area (Å²) < 4.78 is 5.37. The van der Waals surface area contributed by atoms with Gasteiger partial charge in [0.2, 0.25) is 0 Å². The topological polar surface area (TPSA) is 75.6 Å². The number of aliphatic carboxylic acids is 1. The molecule has 1 atom stereocenters. The minimum Gasteiger partial charge on any atom is -0.481 e. The second kappa shape index (κ2) is 7.38. The third-order valence-electron chi connectivity index (χ3n) is 4.68. The van der Waals surface area contributed by atoms with Crippen LogP contribution in [0.4, 0.5) is 4.79 Å². The molecule has 1 aliphatic carbocycles. The summed E-state index contributed by atoms with van der Waals surface area (Å²) in [6.07, 6.45) is -0.125. The molecule has 1 amide bonds. The van der Waals surface area contributed by atoms with Crippen molar-refractivity contribution in [3.05, 3.63) is 59.7 Å². The Labute approximate surface area is 146 Å². The van der Waals surface area contributed by atoms with Gasteiger partial charge < -0.3 is 15.2 Å². The van der Waals surface area contributed by atoms with Gasteiger partial charge in [0.05, 0.1) is 5.92 Å². The van der Waals surface area contributed by atoms with Gasteiger partial charge in [0.25, 0.3) is 0 Å². The lowest BCUT2D eigenvalue weighted by molar-refractivity contribution is -0.141. The number of fused-ring (bicyclic) bond motifs is 3. The van der Waals surface area contributed by atoms with Gasteiger partial charge >= 0.3 is 12.1 Å². The van der Waals surface area contributed by atoms with Crippen LogP contribution in [0.2, 0.25) is 0 Å². The molecule has 5 nitrogen and oxygen atoms in total. The molecular formula is C20H21NO4. The SMILES string of the molecule is CCC(CNC(=O)OCC1c2ccccc2-c2ccccc21)C(=O)O. The monoisotopic (exact) mass is 339 g/mol. The molecule has 0 aromatic heterocycles. The molecule has 130 valence electrons. The lowest BCUT2D eigenvalue weighted by atomic mass is 9.98. The Kier molecular flexibility index (Phi) is 5.03. The number of amides is 1. The first kappa shape index (κ1) is 17.0. The summed E-state index contributed by atoms with van der Waals surface area (Å²) in [5.74, 6) is -1.51. The van der Waals surface area contributed by atoms with Crippen LogP contribution in [0.3, 0.4) is 0 Å². The van der Waals surface area contributed by atoms with Crippen molar-refractivity contribution in [3.8, 4) is 11.1 Å². The number of nitrogens with one attached hydrogen (secondary N) is 1. The van der Waals surface area contributed by atoms with Crippen molar-refractivity contribution in [2.75, 3.05) is 13.2 Å². The number of carbonyl (C=O) groups excluding carboxylic acids is 1. The van der Waals surface area contributed by atoms with Gasteiger partial charge in [0, 0.05) is 12.5 Å². The maximum absolute atomic E-state index is 11.9. The molecule has 0 saturated heterocycles. The number of benzene rings is 2. The van der Waals surface area contributed by atoms with Crippen LogP contribution in [0.25, 0.3) is 11.1 Å². The van der Waals surface area contributed by atoms with E-state index in [1.807, 2.05) is 24.3 Å². The van der Waals surface area contributed by atoms with Gasteiger partial charge in [-0.3, -0.25) is 4.79 Å². The Bertz CT molecular complexity index is 741. The highest BCUT2D eigenvalue weighted by Crippen LogP contribution is 2.44. The fourth-order valence-corrected chi connectivity index (χ4v) is 3.26. The van der Waals surface area contributed by atoms with Crippen LogP contribution in [0.15, 0.2) is 48.5 Å². The van der Waals surface area contributed by atoms with Crippen LogP contribution in [0, 0.1) is 5.92 Å². The highest BCUT2D eigenvalue weighted by atomic mass is 16.5. The smallest absolute Gasteiger partial charge is 0.407 e. The second-order valence-electron chi connectivity index (χ2n) is 6.15. The summed E-state index contributed by atoms with van der Waals surface area (Å²) in [4.78, 5) is 22.9. The summed E-state index contributed by atoms with van der Waals surface area (Å²) in [6.45, 7) is 2.07. The molecule has 0 spiro atoms. The average molecular weight is 339 g/mol. The fraction of sp³-hybridized carbons (Fsp3) is 0.300. The highest BCUT2D eigenvalue weighted by Gasteiger charge is 2.29. The van der Waals surface area contributed by atoms with E-state index in [-0.39, 0.29) is 19.1 Å². The lowest BCUT2D eigenvalue weighted by Gasteiger charge is -2.15. The molecule has 0 bridgehead atoms. The third kappa shape index (κ3) is 3.50. The largest absolute Gasteiger partial charge is 0.481 e. The van der Waals surface area contributed by atoms with Gasteiger partial charge in [-0.05, 0) is 28.7 Å². The van der Waals surface area contributed by atoms with Crippen LogP contribution in [0.5, 0.6) is 0 Å². The first-order chi connectivity index (χ1) is 12.1. The van der Waals surface area contributed by atoms with Crippen molar-refractivity contribution in [3.63, 3.8) is 0 Å². The normalized spacial score (nSPS) is 13.6. The van der Waals surface area contributed by atoms with Gasteiger partial charge in [-0.15, -0.1) is 0 Å². The number of hydrogen-bond donors (Lipinski definition) is 2. The predicted molar refractivity (Wildman–Crippen MR) is 94.5 cm³/mol. The minimum absolute atomic E-state index is 0.000374. The summed E-state index contributed by atoms with van der Waals surface area (Å²) in [6, 6.07) is 16.2. The Hall–Kier alpha value is -2.82. The molecule has 0 aliphatic heterocycles. The maximum atomic E-state index is 11.9. The van der Waals surface area contributed by atoms with Crippen LogP contribution < -0.4 is 5.32 Å². The van der Waals surface area contributed by atoms with Gasteiger partial charge in [-0.25, -0.2) is 4.79 Å². The summed E-state index contributed by atoms with van der Waals surface area (Å²) >= 11 is 0. The van der Waals surface area contributed by atoms with E-state index in [1.165, 1.54) is 11.1 Å². The maximum Gasteiger partial charge on any atom is 0.407 e. The van der Waals surface area contributed by atoms with E-state index in [9.17, 15) is 9.59 Å². The van der Waals surface area contributed by atoms with Gasteiger partial charge in [-0.2, -0.15) is 0 Å². The molecule has 2 aromatic carbocycles. The van der Waals surface area contributed by atoms with Crippen molar-refractivity contribution < 1.29 is 19.4 Å². The molecule has 25 heavy (non-hydrogen) atoms. The number of carboxylic acid groups (broad SMARTS) is 1. The molecule has 1 aliphatic rings. The van der Waals surface area contributed by atoms with Crippen molar-refractivity contribution in [2.24, 2.45) is 5.92 Å². The van der Waals surface area contributed by atoms with E-state index in [1.54, 1.807) is 6.92 Å². The van der Waals surface area contributed by atoms with Gasteiger partial charge in [0.15, 0.2) is 0 Å². The third-order valence-corrected chi connectivity index (χ3v) is 4.68. The van der Waals surface area contributed by atoms with E-state index < -0.39 is 18.0 Å². The van der Waals surface area contributed by atoms with Crippen molar-refractivity contribution >= 4 is 12.1 Å². The Morgan fingerprint density at radius 2 is 1.64 bits per heavy atom. The molecule has 2 N–H and O–H groups in total. The zero-order valence-corrected chi connectivity index (χ0v) is 14.1. The fourth-order valence-electron chi connectivity index (χ4n) is 3.26. The second-order valence-corrected chi connectivity index (χ2v) is 6.15. The van der Waals surface area contributed by atoms with Crippen LogP contribution >= 0.6 is 0 Å². The Balaban J connectivity index is 1.65. The summed E-state index contributed by atoms with van der Waals surface area (Å²) in [7, 11) is 0. The van der Waals surface area contributed by atoms with Crippen molar-refractivity contribution in [1.82, 2.24) is 5.32 Å². The molecular weight excluding hydrogens is 318 g/mol.